The average molecular weight is 282 g/mol. The standard InChI is InChI=1S/C15H22OS2/c1-11(2)13-6-7-14-8-12(10-18(3,16)17)4-5-15(14)9-13/h6-7,9,11-12H,4-5,8,10H2,1-3H3. The lowest BCUT2D eigenvalue weighted by Crippen LogP contribution is -2.21. The Morgan fingerprint density at radius 1 is 1.39 bits per heavy atom. The molecular formula is C15H22OS2. The third-order valence-electron chi connectivity index (χ3n) is 3.77. The van der Waals surface area contributed by atoms with Crippen molar-refractivity contribution in [3.05, 3.63) is 34.9 Å². The Bertz CT molecular complexity index is 529. The Morgan fingerprint density at radius 2 is 2.11 bits per heavy atom. The molecule has 0 spiro atoms. The van der Waals surface area contributed by atoms with E-state index in [4.69, 9.17) is 11.2 Å². The fraction of sp³-hybridized carbons (Fsp3) is 0.600. The molecule has 1 aliphatic carbocycles. The molecule has 1 nitrogen and oxygen atoms in total. The predicted molar refractivity (Wildman–Crippen MR) is 82.3 cm³/mol. The van der Waals surface area contributed by atoms with Crippen molar-refractivity contribution >= 4 is 19.7 Å². The number of aryl methyl sites for hydroxylation is 1. The van der Waals surface area contributed by atoms with Crippen molar-refractivity contribution in [3.8, 4) is 0 Å². The summed E-state index contributed by atoms with van der Waals surface area (Å²) in [6, 6.07) is 6.85. The average Bonchev–Trinajstić information content (AvgIpc) is 2.26. The van der Waals surface area contributed by atoms with E-state index in [2.05, 4.69) is 32.0 Å². The summed E-state index contributed by atoms with van der Waals surface area (Å²) in [5, 5.41) is 0. The highest BCUT2D eigenvalue weighted by Gasteiger charge is 2.21. The number of fused-ring (bicyclic) bond motifs is 1. The summed E-state index contributed by atoms with van der Waals surface area (Å²) in [4.78, 5) is 0. The molecule has 0 bridgehead atoms. The number of rotatable bonds is 3. The lowest BCUT2D eigenvalue weighted by atomic mass is 9.83. The van der Waals surface area contributed by atoms with Crippen LogP contribution in [0.15, 0.2) is 18.2 Å². The van der Waals surface area contributed by atoms with E-state index < -0.39 is 8.49 Å². The first kappa shape index (κ1) is 14.0. The van der Waals surface area contributed by atoms with Crippen LogP contribution in [0.2, 0.25) is 0 Å². The van der Waals surface area contributed by atoms with Crippen LogP contribution in [0.1, 0.15) is 42.9 Å². The van der Waals surface area contributed by atoms with Gasteiger partial charge in [0.15, 0.2) is 0 Å². The van der Waals surface area contributed by atoms with Gasteiger partial charge in [0.05, 0.1) is 0 Å². The van der Waals surface area contributed by atoms with Crippen molar-refractivity contribution in [1.29, 1.82) is 0 Å². The van der Waals surface area contributed by atoms with E-state index in [1.165, 1.54) is 16.7 Å². The van der Waals surface area contributed by atoms with E-state index in [0.29, 0.717) is 17.6 Å². The van der Waals surface area contributed by atoms with Crippen molar-refractivity contribution in [2.24, 2.45) is 5.92 Å². The van der Waals surface area contributed by atoms with Gasteiger partial charge in [0.25, 0.3) is 0 Å². The zero-order chi connectivity index (χ0) is 13.3. The molecule has 1 aromatic rings. The predicted octanol–water partition coefficient (Wildman–Crippen LogP) is 3.29. The first-order valence-electron chi connectivity index (χ1n) is 6.64. The van der Waals surface area contributed by atoms with Crippen molar-refractivity contribution < 1.29 is 4.21 Å². The second kappa shape index (κ2) is 5.30. The first-order chi connectivity index (χ1) is 8.35. The number of hydrogen-bond acceptors (Lipinski definition) is 2. The van der Waals surface area contributed by atoms with Gasteiger partial charge in [0.2, 0.25) is 0 Å². The van der Waals surface area contributed by atoms with Crippen molar-refractivity contribution in [2.45, 2.75) is 39.0 Å². The lowest BCUT2D eigenvalue weighted by molar-refractivity contribution is 0.503. The molecule has 0 aliphatic heterocycles. The van der Waals surface area contributed by atoms with Crippen LogP contribution in [0.25, 0.3) is 0 Å². The molecule has 0 amide bonds. The van der Waals surface area contributed by atoms with E-state index >= 15 is 0 Å². The van der Waals surface area contributed by atoms with Gasteiger partial charge in [-0.15, -0.1) is 0 Å². The summed E-state index contributed by atoms with van der Waals surface area (Å²) in [5.41, 5.74) is 4.36. The van der Waals surface area contributed by atoms with Crippen molar-refractivity contribution in [3.63, 3.8) is 0 Å². The molecule has 0 fully saturated rings. The van der Waals surface area contributed by atoms with Crippen LogP contribution in [0, 0.1) is 5.92 Å². The fourth-order valence-corrected chi connectivity index (χ4v) is 4.50. The zero-order valence-corrected chi connectivity index (χ0v) is 13.1. The highest BCUT2D eigenvalue weighted by molar-refractivity contribution is 8.32. The highest BCUT2D eigenvalue weighted by atomic mass is 32.8. The first-order valence-corrected chi connectivity index (χ1v) is 9.70. The minimum atomic E-state index is -2.01. The molecule has 0 N–H and O–H groups in total. The van der Waals surface area contributed by atoms with Gasteiger partial charge in [-0.3, -0.25) is 4.21 Å². The summed E-state index contributed by atoms with van der Waals surface area (Å²) in [7, 11) is -2.01. The van der Waals surface area contributed by atoms with Crippen LogP contribution in [0.3, 0.4) is 0 Å². The second-order valence-corrected chi connectivity index (χ2v) is 10.2. The molecule has 18 heavy (non-hydrogen) atoms. The van der Waals surface area contributed by atoms with Gasteiger partial charge in [-0.1, -0.05) is 32.0 Å². The van der Waals surface area contributed by atoms with Gasteiger partial charge < -0.3 is 0 Å². The molecule has 1 aliphatic rings. The van der Waals surface area contributed by atoms with E-state index in [1.807, 2.05) is 0 Å². The fourth-order valence-electron chi connectivity index (χ4n) is 2.78. The maximum Gasteiger partial charge on any atom is 0.0287 e. The van der Waals surface area contributed by atoms with Crippen LogP contribution in [0.5, 0.6) is 0 Å². The zero-order valence-electron chi connectivity index (χ0n) is 11.4. The van der Waals surface area contributed by atoms with Crippen molar-refractivity contribution in [1.82, 2.24) is 0 Å². The van der Waals surface area contributed by atoms with Crippen LogP contribution < -0.4 is 0 Å². The number of benzene rings is 1. The quantitative estimate of drug-likeness (QED) is 0.846. The van der Waals surface area contributed by atoms with E-state index in [0.717, 1.165) is 19.3 Å². The molecule has 0 saturated heterocycles. The minimum Gasteiger partial charge on any atom is -0.257 e. The molecule has 0 aromatic heterocycles. The van der Waals surface area contributed by atoms with E-state index in [-0.39, 0.29) is 0 Å². The largest absolute Gasteiger partial charge is 0.257 e. The normalized spacial score (nSPS) is 22.6. The van der Waals surface area contributed by atoms with Crippen LogP contribution >= 0.6 is 0 Å². The summed E-state index contributed by atoms with van der Waals surface area (Å²) in [6.45, 7) is 4.47. The van der Waals surface area contributed by atoms with E-state index in [9.17, 15) is 4.21 Å². The Hall–Kier alpha value is -0.410. The monoisotopic (exact) mass is 282 g/mol. The molecule has 0 radical (unpaired) electrons. The summed E-state index contributed by atoms with van der Waals surface area (Å²) >= 11 is 5.05. The van der Waals surface area contributed by atoms with Crippen LogP contribution in [-0.4, -0.2) is 16.2 Å². The SMILES string of the molecule is CC(C)c1ccc2c(c1)CCC(CS(C)(=O)=S)C2. The minimum absolute atomic E-state index is 0.511. The third kappa shape index (κ3) is 3.55. The topological polar surface area (TPSA) is 17.1 Å². The molecule has 2 rings (SSSR count). The second-order valence-electron chi connectivity index (χ2n) is 5.88. The molecule has 2 atom stereocenters. The van der Waals surface area contributed by atoms with Gasteiger partial charge in [0, 0.05) is 20.5 Å². The molecule has 100 valence electrons. The summed E-state index contributed by atoms with van der Waals surface area (Å²) < 4.78 is 11.7. The Balaban J connectivity index is 2.16. The van der Waals surface area contributed by atoms with Gasteiger partial charge in [0.1, 0.15) is 0 Å². The summed E-state index contributed by atoms with van der Waals surface area (Å²) in [6.07, 6.45) is 5.01. The van der Waals surface area contributed by atoms with Crippen molar-refractivity contribution in [2.75, 3.05) is 12.0 Å². The van der Waals surface area contributed by atoms with E-state index in [1.54, 1.807) is 6.26 Å². The Morgan fingerprint density at radius 3 is 2.72 bits per heavy atom. The van der Waals surface area contributed by atoms with Gasteiger partial charge in [-0.25, -0.2) is 0 Å². The number of hydrogen-bond donors (Lipinski definition) is 0. The van der Waals surface area contributed by atoms with Crippen LogP contribution in [-0.2, 0) is 32.5 Å². The molecule has 3 heteroatoms. The van der Waals surface area contributed by atoms with Gasteiger partial charge in [-0.05, 0) is 59.0 Å². The summed E-state index contributed by atoms with van der Waals surface area (Å²) in [5.74, 6) is 1.81. The Labute approximate surface area is 116 Å². The molecule has 0 heterocycles. The third-order valence-corrected chi connectivity index (χ3v) is 5.25. The van der Waals surface area contributed by atoms with Gasteiger partial charge >= 0.3 is 0 Å². The molecule has 2 unspecified atom stereocenters. The molecular weight excluding hydrogens is 260 g/mol. The Kier molecular flexibility index (Phi) is 4.12. The molecule has 1 aromatic carbocycles. The maximum atomic E-state index is 11.7. The smallest absolute Gasteiger partial charge is 0.0287 e. The molecule has 0 saturated carbocycles. The lowest BCUT2D eigenvalue weighted by Gasteiger charge is -2.25. The van der Waals surface area contributed by atoms with Crippen LogP contribution in [0.4, 0.5) is 0 Å². The van der Waals surface area contributed by atoms with Gasteiger partial charge in [-0.2, -0.15) is 0 Å². The highest BCUT2D eigenvalue weighted by Crippen LogP contribution is 2.29. The maximum absolute atomic E-state index is 11.7.